The number of hydrogen-bond acceptors (Lipinski definition) is 5. The lowest BCUT2D eigenvalue weighted by Crippen LogP contribution is -2.12. The van der Waals surface area contributed by atoms with E-state index in [1.165, 1.54) is 6.39 Å². The summed E-state index contributed by atoms with van der Waals surface area (Å²) >= 11 is 0. The van der Waals surface area contributed by atoms with Gasteiger partial charge < -0.3 is 19.2 Å². The van der Waals surface area contributed by atoms with E-state index >= 15 is 0 Å². The van der Waals surface area contributed by atoms with Crippen molar-refractivity contribution in [3.8, 4) is 22.8 Å². The van der Waals surface area contributed by atoms with Crippen molar-refractivity contribution in [1.82, 2.24) is 4.98 Å². The van der Waals surface area contributed by atoms with E-state index in [1.54, 1.807) is 44.7 Å². The summed E-state index contributed by atoms with van der Waals surface area (Å²) in [5.74, 6) is 1.63. The van der Waals surface area contributed by atoms with Crippen LogP contribution in [0.1, 0.15) is 15.9 Å². The van der Waals surface area contributed by atoms with Crippen molar-refractivity contribution >= 4 is 11.6 Å². The van der Waals surface area contributed by atoms with Gasteiger partial charge in [0.15, 0.2) is 12.2 Å². The van der Waals surface area contributed by atoms with Gasteiger partial charge in [-0.25, -0.2) is 4.98 Å². The minimum atomic E-state index is -0.246. The average molecular weight is 338 g/mol. The molecule has 0 aliphatic heterocycles. The third kappa shape index (κ3) is 3.47. The molecule has 0 saturated heterocycles. The number of anilines is 1. The first-order chi connectivity index (χ1) is 12.1. The number of nitrogens with one attached hydrogen (secondary N) is 1. The monoisotopic (exact) mass is 338 g/mol. The molecule has 3 aromatic rings. The third-order valence-electron chi connectivity index (χ3n) is 3.87. The maximum Gasteiger partial charge on any atom is 0.255 e. The summed E-state index contributed by atoms with van der Waals surface area (Å²) in [5.41, 5.74) is 2.86. The smallest absolute Gasteiger partial charge is 0.255 e. The Hall–Kier alpha value is -3.28. The van der Waals surface area contributed by atoms with Crippen LogP contribution in [0.15, 0.2) is 53.4 Å². The quantitative estimate of drug-likeness (QED) is 0.763. The second-order valence-corrected chi connectivity index (χ2v) is 5.40. The molecular weight excluding hydrogens is 320 g/mol. The number of aromatic nitrogens is 1. The Morgan fingerprint density at radius 1 is 1.08 bits per heavy atom. The molecule has 0 aliphatic rings. The summed E-state index contributed by atoms with van der Waals surface area (Å²) in [6.07, 6.45) is 3.02. The number of amides is 1. The fourth-order valence-electron chi connectivity index (χ4n) is 2.50. The zero-order valence-electron chi connectivity index (χ0n) is 14.2. The Labute approximate surface area is 145 Å². The molecule has 3 rings (SSSR count). The third-order valence-corrected chi connectivity index (χ3v) is 3.87. The maximum atomic E-state index is 12.5. The lowest BCUT2D eigenvalue weighted by Gasteiger charge is -2.13. The van der Waals surface area contributed by atoms with E-state index in [1.807, 2.05) is 19.1 Å². The van der Waals surface area contributed by atoms with E-state index in [2.05, 4.69) is 10.3 Å². The molecule has 0 saturated carbocycles. The Kier molecular flexibility index (Phi) is 4.70. The average Bonchev–Trinajstić information content (AvgIpc) is 3.17. The first-order valence-corrected chi connectivity index (χ1v) is 7.65. The zero-order valence-corrected chi connectivity index (χ0v) is 14.2. The number of ether oxygens (including phenoxy) is 2. The predicted molar refractivity (Wildman–Crippen MR) is 94.2 cm³/mol. The normalized spacial score (nSPS) is 10.4. The number of carbonyl (C=O) groups excluding carboxylic acids is 1. The first kappa shape index (κ1) is 16.6. The first-order valence-electron chi connectivity index (χ1n) is 7.65. The second kappa shape index (κ2) is 7.09. The minimum Gasteiger partial charge on any atom is -0.496 e. The van der Waals surface area contributed by atoms with Crippen LogP contribution in [-0.4, -0.2) is 25.1 Å². The number of rotatable bonds is 5. The van der Waals surface area contributed by atoms with Crippen LogP contribution >= 0.6 is 0 Å². The van der Waals surface area contributed by atoms with Crippen LogP contribution < -0.4 is 14.8 Å². The molecule has 2 aromatic carbocycles. The summed E-state index contributed by atoms with van der Waals surface area (Å²) in [5, 5.41) is 2.86. The SMILES string of the molecule is COc1cc(C(=O)Nc2ccc(-c3cnco3)cc2)cc(OC)c1C. The van der Waals surface area contributed by atoms with Crippen LogP contribution in [0.4, 0.5) is 5.69 Å². The number of oxazole rings is 1. The van der Waals surface area contributed by atoms with Crippen LogP contribution in [0.25, 0.3) is 11.3 Å². The Morgan fingerprint density at radius 3 is 2.24 bits per heavy atom. The van der Waals surface area contributed by atoms with Gasteiger partial charge in [-0.05, 0) is 43.3 Å². The molecule has 1 amide bonds. The second-order valence-electron chi connectivity index (χ2n) is 5.40. The zero-order chi connectivity index (χ0) is 17.8. The Balaban J connectivity index is 1.80. The van der Waals surface area contributed by atoms with Gasteiger partial charge in [-0.2, -0.15) is 0 Å². The highest BCUT2D eigenvalue weighted by Gasteiger charge is 2.14. The largest absolute Gasteiger partial charge is 0.496 e. The maximum absolute atomic E-state index is 12.5. The minimum absolute atomic E-state index is 0.246. The standard InChI is InChI=1S/C19H18N2O4/c1-12-16(23-2)8-14(9-17(12)24-3)19(22)21-15-6-4-13(5-7-15)18-10-20-11-25-18/h4-11H,1-3H3,(H,21,22). The molecular formula is C19H18N2O4. The van der Waals surface area contributed by atoms with E-state index in [9.17, 15) is 4.79 Å². The summed E-state index contributed by atoms with van der Waals surface area (Å²) in [6.45, 7) is 1.88. The lowest BCUT2D eigenvalue weighted by atomic mass is 10.1. The highest BCUT2D eigenvalue weighted by atomic mass is 16.5. The molecule has 1 N–H and O–H groups in total. The van der Waals surface area contributed by atoms with Crippen molar-refractivity contribution in [2.75, 3.05) is 19.5 Å². The highest BCUT2D eigenvalue weighted by molar-refractivity contribution is 6.05. The number of carbonyl (C=O) groups is 1. The number of hydrogen-bond donors (Lipinski definition) is 1. The van der Waals surface area contributed by atoms with Crippen molar-refractivity contribution in [3.05, 3.63) is 60.1 Å². The van der Waals surface area contributed by atoms with E-state index in [0.29, 0.717) is 28.5 Å². The van der Waals surface area contributed by atoms with Crippen LogP contribution in [0.2, 0.25) is 0 Å². The van der Waals surface area contributed by atoms with E-state index < -0.39 is 0 Å². The van der Waals surface area contributed by atoms with Crippen LogP contribution in [-0.2, 0) is 0 Å². The Morgan fingerprint density at radius 2 is 1.72 bits per heavy atom. The fraction of sp³-hybridized carbons (Fsp3) is 0.158. The van der Waals surface area contributed by atoms with Gasteiger partial charge in [0, 0.05) is 22.4 Å². The fourth-order valence-corrected chi connectivity index (χ4v) is 2.50. The van der Waals surface area contributed by atoms with E-state index in [0.717, 1.165) is 11.1 Å². The molecule has 1 heterocycles. The van der Waals surface area contributed by atoms with Crippen molar-refractivity contribution < 1.29 is 18.7 Å². The molecule has 25 heavy (non-hydrogen) atoms. The van der Waals surface area contributed by atoms with Gasteiger partial charge in [0.05, 0.1) is 20.4 Å². The van der Waals surface area contributed by atoms with Gasteiger partial charge in [-0.15, -0.1) is 0 Å². The van der Waals surface area contributed by atoms with Gasteiger partial charge in [-0.3, -0.25) is 4.79 Å². The van der Waals surface area contributed by atoms with Crippen molar-refractivity contribution in [2.45, 2.75) is 6.92 Å². The molecule has 6 nitrogen and oxygen atoms in total. The molecule has 1 aromatic heterocycles. The lowest BCUT2D eigenvalue weighted by molar-refractivity contribution is 0.102. The van der Waals surface area contributed by atoms with Gasteiger partial charge >= 0.3 is 0 Å². The van der Waals surface area contributed by atoms with Crippen LogP contribution in [0.3, 0.4) is 0 Å². The Bertz CT molecular complexity index is 846. The van der Waals surface area contributed by atoms with Crippen LogP contribution in [0, 0.1) is 6.92 Å². The van der Waals surface area contributed by atoms with Crippen molar-refractivity contribution in [2.24, 2.45) is 0 Å². The van der Waals surface area contributed by atoms with Gasteiger partial charge in [-0.1, -0.05) is 0 Å². The predicted octanol–water partition coefficient (Wildman–Crippen LogP) is 3.92. The number of nitrogens with zero attached hydrogens (tertiary/aromatic N) is 1. The summed E-state index contributed by atoms with van der Waals surface area (Å²) < 4.78 is 15.9. The molecule has 0 aliphatic carbocycles. The molecule has 6 heteroatoms. The summed E-state index contributed by atoms with van der Waals surface area (Å²) in [6, 6.07) is 10.7. The van der Waals surface area contributed by atoms with Gasteiger partial charge in [0.2, 0.25) is 0 Å². The van der Waals surface area contributed by atoms with Gasteiger partial charge in [0.25, 0.3) is 5.91 Å². The van der Waals surface area contributed by atoms with E-state index in [4.69, 9.17) is 13.9 Å². The summed E-state index contributed by atoms with van der Waals surface area (Å²) in [4.78, 5) is 16.4. The van der Waals surface area contributed by atoms with Gasteiger partial charge in [0.1, 0.15) is 11.5 Å². The van der Waals surface area contributed by atoms with E-state index in [-0.39, 0.29) is 5.91 Å². The molecule has 0 unspecified atom stereocenters. The molecule has 128 valence electrons. The van der Waals surface area contributed by atoms with Crippen LogP contribution in [0.5, 0.6) is 11.5 Å². The number of benzene rings is 2. The molecule has 0 fully saturated rings. The van der Waals surface area contributed by atoms with Crippen molar-refractivity contribution in [1.29, 1.82) is 0 Å². The topological polar surface area (TPSA) is 73.6 Å². The number of methoxy groups -OCH3 is 2. The van der Waals surface area contributed by atoms with Crippen molar-refractivity contribution in [3.63, 3.8) is 0 Å². The molecule has 0 atom stereocenters. The highest BCUT2D eigenvalue weighted by Crippen LogP contribution is 2.30. The summed E-state index contributed by atoms with van der Waals surface area (Å²) in [7, 11) is 3.12. The molecule has 0 radical (unpaired) electrons. The molecule has 0 bridgehead atoms. The molecule has 0 spiro atoms.